The van der Waals surface area contributed by atoms with E-state index in [2.05, 4.69) is 5.32 Å². The average molecular weight is 478 g/mol. The number of hydrogen-bond acceptors (Lipinski definition) is 5. The zero-order valence-corrected chi connectivity index (χ0v) is 20.5. The van der Waals surface area contributed by atoms with Crippen molar-refractivity contribution in [1.29, 1.82) is 0 Å². The van der Waals surface area contributed by atoms with Gasteiger partial charge in [-0.3, -0.25) is 19.7 Å². The second-order valence-corrected chi connectivity index (χ2v) is 9.34. The smallest absolute Gasteiger partial charge is 0.269 e. The van der Waals surface area contributed by atoms with Gasteiger partial charge in [0.25, 0.3) is 11.6 Å². The summed E-state index contributed by atoms with van der Waals surface area (Å²) in [6.07, 6.45) is 1.57. The number of non-ortho nitro benzene ring substituents is 1. The Hall–Kier alpha value is -4.01. The number of rotatable bonds is 9. The normalized spacial score (nSPS) is 11.2. The number of amides is 2. The van der Waals surface area contributed by atoms with E-state index >= 15 is 0 Å². The fourth-order valence-electron chi connectivity index (χ4n) is 3.47. The minimum absolute atomic E-state index is 0.0942. The van der Waals surface area contributed by atoms with Gasteiger partial charge in [0.1, 0.15) is 12.4 Å². The van der Waals surface area contributed by atoms with E-state index in [9.17, 15) is 19.7 Å². The van der Waals surface area contributed by atoms with Crippen LogP contribution in [-0.4, -0.2) is 44.5 Å². The van der Waals surface area contributed by atoms with Crippen molar-refractivity contribution in [3.63, 3.8) is 0 Å². The van der Waals surface area contributed by atoms with Gasteiger partial charge in [0.05, 0.1) is 16.3 Å². The quantitative estimate of drug-likeness (QED) is 0.346. The molecule has 0 fully saturated rings. The Morgan fingerprint density at radius 2 is 1.74 bits per heavy atom. The van der Waals surface area contributed by atoms with Gasteiger partial charge in [-0.15, -0.1) is 0 Å². The molecule has 0 unspecified atom stereocenters. The highest BCUT2D eigenvalue weighted by molar-refractivity contribution is 5.99. The molecule has 0 saturated heterocycles. The van der Waals surface area contributed by atoms with E-state index in [1.807, 2.05) is 64.1 Å². The molecular weight excluding hydrogens is 446 g/mol. The summed E-state index contributed by atoms with van der Waals surface area (Å²) < 4.78 is 1.69. The number of benzene rings is 2. The summed E-state index contributed by atoms with van der Waals surface area (Å²) in [5.41, 5.74) is 1.61. The van der Waals surface area contributed by atoms with Gasteiger partial charge >= 0.3 is 0 Å². The molecule has 0 radical (unpaired) electrons. The fourth-order valence-corrected chi connectivity index (χ4v) is 3.47. The maximum atomic E-state index is 13.1. The molecule has 2 aromatic carbocycles. The molecule has 0 aliphatic heterocycles. The molecule has 0 aliphatic carbocycles. The standard InChI is InChI=1S/C26H31N5O4/c1-5-6-16-29(25(33)19-12-14-21(15-13-19)31(34)35)18-24(32)27-23-17-22(26(2,3)4)28-30(23)20-10-8-7-9-11-20/h7-15,17H,5-6,16,18H2,1-4H3,(H,27,32). The Morgan fingerprint density at radius 3 is 2.31 bits per heavy atom. The number of unbranched alkanes of at least 4 members (excludes halogenated alkanes) is 1. The first-order chi connectivity index (χ1) is 16.6. The van der Waals surface area contributed by atoms with Gasteiger partial charge in [-0.25, -0.2) is 4.68 Å². The molecule has 1 N–H and O–H groups in total. The fraction of sp³-hybridized carbons (Fsp3) is 0.346. The summed E-state index contributed by atoms with van der Waals surface area (Å²) in [6.45, 7) is 8.38. The Morgan fingerprint density at radius 1 is 1.09 bits per heavy atom. The number of hydrogen-bond donors (Lipinski definition) is 1. The van der Waals surface area contributed by atoms with Crippen LogP contribution in [0, 0.1) is 10.1 Å². The second-order valence-electron chi connectivity index (χ2n) is 9.34. The lowest BCUT2D eigenvalue weighted by molar-refractivity contribution is -0.384. The summed E-state index contributed by atoms with van der Waals surface area (Å²) >= 11 is 0. The Kier molecular flexibility index (Phi) is 8.01. The first-order valence-electron chi connectivity index (χ1n) is 11.6. The van der Waals surface area contributed by atoms with Crippen LogP contribution in [0.15, 0.2) is 60.7 Å². The van der Waals surface area contributed by atoms with E-state index in [0.717, 1.165) is 24.2 Å². The number of nitrogens with zero attached hydrogens (tertiary/aromatic N) is 4. The average Bonchev–Trinajstić information content (AvgIpc) is 3.26. The van der Waals surface area contributed by atoms with E-state index < -0.39 is 4.92 Å². The van der Waals surface area contributed by atoms with E-state index in [-0.39, 0.29) is 29.5 Å². The van der Waals surface area contributed by atoms with Gasteiger partial charge in [-0.1, -0.05) is 52.3 Å². The molecule has 0 aliphatic rings. The molecule has 0 saturated carbocycles. The lowest BCUT2D eigenvalue weighted by Crippen LogP contribution is -2.39. The number of nitro benzene ring substituents is 1. The van der Waals surface area contributed by atoms with Crippen LogP contribution >= 0.6 is 0 Å². The molecule has 0 atom stereocenters. The van der Waals surface area contributed by atoms with Crippen molar-refractivity contribution in [2.75, 3.05) is 18.4 Å². The molecule has 9 heteroatoms. The van der Waals surface area contributed by atoms with Crippen molar-refractivity contribution in [2.24, 2.45) is 0 Å². The summed E-state index contributed by atoms with van der Waals surface area (Å²) in [7, 11) is 0. The summed E-state index contributed by atoms with van der Waals surface area (Å²) in [4.78, 5) is 38.0. The monoisotopic (exact) mass is 477 g/mol. The Balaban J connectivity index is 1.82. The highest BCUT2D eigenvalue weighted by Crippen LogP contribution is 2.26. The van der Waals surface area contributed by atoms with Gasteiger partial charge < -0.3 is 10.2 Å². The first-order valence-corrected chi connectivity index (χ1v) is 11.6. The molecule has 3 aromatic rings. The van der Waals surface area contributed by atoms with Gasteiger partial charge in [0, 0.05) is 35.7 Å². The van der Waals surface area contributed by atoms with Gasteiger partial charge in [0.2, 0.25) is 5.91 Å². The molecule has 1 aromatic heterocycles. The highest BCUT2D eigenvalue weighted by atomic mass is 16.6. The number of aromatic nitrogens is 2. The van der Waals surface area contributed by atoms with Crippen LogP contribution in [0.2, 0.25) is 0 Å². The van der Waals surface area contributed by atoms with E-state index in [4.69, 9.17) is 5.10 Å². The van der Waals surface area contributed by atoms with E-state index in [0.29, 0.717) is 17.9 Å². The Bertz CT molecular complexity index is 1180. The summed E-state index contributed by atoms with van der Waals surface area (Å²) in [6, 6.07) is 16.8. The predicted molar refractivity (Wildman–Crippen MR) is 135 cm³/mol. The molecule has 184 valence electrons. The zero-order valence-electron chi connectivity index (χ0n) is 20.5. The molecule has 0 bridgehead atoms. The van der Waals surface area contributed by atoms with Crippen LogP contribution in [0.1, 0.15) is 56.6 Å². The number of para-hydroxylation sites is 1. The molecular formula is C26H31N5O4. The molecule has 2 amide bonds. The Labute approximate surface area is 204 Å². The molecule has 1 heterocycles. The second kappa shape index (κ2) is 10.9. The predicted octanol–water partition coefficient (Wildman–Crippen LogP) is 4.96. The molecule has 35 heavy (non-hydrogen) atoms. The van der Waals surface area contributed by atoms with E-state index in [1.165, 1.54) is 29.2 Å². The summed E-state index contributed by atoms with van der Waals surface area (Å²) in [5, 5.41) is 18.5. The van der Waals surface area contributed by atoms with Crippen LogP contribution in [0.5, 0.6) is 0 Å². The lowest BCUT2D eigenvalue weighted by atomic mass is 9.92. The lowest BCUT2D eigenvalue weighted by Gasteiger charge is -2.22. The third-order valence-corrected chi connectivity index (χ3v) is 5.47. The number of nitro groups is 1. The number of anilines is 1. The van der Waals surface area contributed by atoms with Crippen LogP contribution in [0.4, 0.5) is 11.5 Å². The van der Waals surface area contributed by atoms with Crippen molar-refractivity contribution in [2.45, 2.75) is 46.0 Å². The van der Waals surface area contributed by atoms with E-state index in [1.54, 1.807) is 4.68 Å². The topological polar surface area (TPSA) is 110 Å². The molecule has 9 nitrogen and oxygen atoms in total. The number of carbonyl (C=O) groups is 2. The SMILES string of the molecule is CCCCN(CC(=O)Nc1cc(C(C)(C)C)nn1-c1ccccc1)C(=O)c1ccc([N+](=O)[O-])cc1. The minimum atomic E-state index is -0.516. The molecule has 3 rings (SSSR count). The van der Waals surface area contributed by atoms with Crippen LogP contribution in [0.25, 0.3) is 5.69 Å². The third kappa shape index (κ3) is 6.53. The van der Waals surface area contributed by atoms with Gasteiger partial charge in [-0.05, 0) is 30.7 Å². The van der Waals surface area contributed by atoms with Crippen molar-refractivity contribution in [3.8, 4) is 5.69 Å². The third-order valence-electron chi connectivity index (χ3n) is 5.47. The van der Waals surface area contributed by atoms with Crippen LogP contribution in [0.3, 0.4) is 0 Å². The summed E-state index contributed by atoms with van der Waals surface area (Å²) in [5.74, 6) is -0.186. The van der Waals surface area contributed by atoms with Crippen LogP contribution < -0.4 is 5.32 Å². The van der Waals surface area contributed by atoms with Gasteiger partial charge in [-0.2, -0.15) is 5.10 Å². The maximum Gasteiger partial charge on any atom is 0.269 e. The number of carbonyl (C=O) groups excluding carboxylic acids is 2. The largest absolute Gasteiger partial charge is 0.329 e. The van der Waals surface area contributed by atoms with Crippen molar-refractivity contribution in [3.05, 3.63) is 82.0 Å². The van der Waals surface area contributed by atoms with Crippen molar-refractivity contribution < 1.29 is 14.5 Å². The first kappa shape index (κ1) is 25.6. The minimum Gasteiger partial charge on any atom is -0.329 e. The van der Waals surface area contributed by atoms with Crippen molar-refractivity contribution in [1.82, 2.24) is 14.7 Å². The van der Waals surface area contributed by atoms with Gasteiger partial charge in [0.15, 0.2) is 0 Å². The zero-order chi connectivity index (χ0) is 25.6. The highest BCUT2D eigenvalue weighted by Gasteiger charge is 2.23. The molecule has 0 spiro atoms. The number of nitrogens with one attached hydrogen (secondary N) is 1. The maximum absolute atomic E-state index is 13.1. The van der Waals surface area contributed by atoms with Crippen molar-refractivity contribution >= 4 is 23.3 Å². The van der Waals surface area contributed by atoms with Crippen LogP contribution in [-0.2, 0) is 10.2 Å².